The number of carbonyl (C=O) groups excluding carboxylic acids is 2. The summed E-state index contributed by atoms with van der Waals surface area (Å²) in [6.07, 6.45) is 3.79. The molecule has 3 amide bonds. The molecule has 3 aliphatic rings. The number of nitrogens with one attached hydrogen (secondary N) is 1. The van der Waals surface area contributed by atoms with Crippen LogP contribution in [0.4, 0.5) is 38.0 Å². The number of benzene rings is 2. The van der Waals surface area contributed by atoms with E-state index in [1.54, 1.807) is 16.0 Å². The number of likely N-dealkylation sites (tertiary alicyclic amines) is 1. The first kappa shape index (κ1) is 30.6. The summed E-state index contributed by atoms with van der Waals surface area (Å²) in [5, 5.41) is 3.33. The Balaban J connectivity index is 1.30. The molecule has 0 spiro atoms. The summed E-state index contributed by atoms with van der Waals surface area (Å²) >= 11 is 0. The fraction of sp³-hybridized carbons (Fsp3) is 0.455. The third-order valence-electron chi connectivity index (χ3n) is 8.98. The van der Waals surface area contributed by atoms with Crippen molar-refractivity contribution in [3.63, 3.8) is 0 Å². The number of carbonyl (C=O) groups is 2. The van der Waals surface area contributed by atoms with Crippen molar-refractivity contribution in [2.24, 2.45) is 0 Å². The molecule has 0 aliphatic carbocycles. The third-order valence-corrected chi connectivity index (χ3v) is 8.98. The van der Waals surface area contributed by atoms with Gasteiger partial charge in [0.1, 0.15) is 17.4 Å². The van der Waals surface area contributed by atoms with E-state index in [1.807, 2.05) is 13.0 Å². The minimum absolute atomic E-state index is 0.0361. The summed E-state index contributed by atoms with van der Waals surface area (Å²) in [6, 6.07) is 9.86. The van der Waals surface area contributed by atoms with Crippen molar-refractivity contribution >= 4 is 40.8 Å². The molecule has 4 heterocycles. The first-order valence-electron chi connectivity index (χ1n) is 15.6. The Morgan fingerprint density at radius 3 is 2.71 bits per heavy atom. The number of aromatic nitrogens is 2. The maximum absolute atomic E-state index is 15.1. The van der Waals surface area contributed by atoms with E-state index in [1.165, 1.54) is 35.9 Å². The minimum atomic E-state index is -0.535. The molecule has 0 radical (unpaired) electrons. The van der Waals surface area contributed by atoms with Crippen molar-refractivity contribution in [1.29, 1.82) is 0 Å². The molecule has 238 valence electrons. The number of hydrogen-bond acceptors (Lipinski definition) is 8. The van der Waals surface area contributed by atoms with Gasteiger partial charge in [-0.05, 0) is 69.3 Å². The lowest BCUT2D eigenvalue weighted by Gasteiger charge is -2.39. The van der Waals surface area contributed by atoms with Crippen molar-refractivity contribution in [3.05, 3.63) is 59.5 Å². The van der Waals surface area contributed by atoms with Crippen LogP contribution in [0.2, 0.25) is 0 Å². The van der Waals surface area contributed by atoms with E-state index in [9.17, 15) is 9.59 Å². The number of rotatable bonds is 7. The number of aryl methyl sites for hydroxylation is 1. The topological polar surface area (TPSA) is 97.4 Å². The second-order valence-corrected chi connectivity index (χ2v) is 12.0. The van der Waals surface area contributed by atoms with Crippen molar-refractivity contribution in [1.82, 2.24) is 19.8 Å². The van der Waals surface area contributed by atoms with Crippen LogP contribution in [-0.2, 0) is 11.3 Å². The van der Waals surface area contributed by atoms with E-state index in [0.29, 0.717) is 49.0 Å². The van der Waals surface area contributed by atoms with Gasteiger partial charge < -0.3 is 24.8 Å². The van der Waals surface area contributed by atoms with E-state index in [0.717, 1.165) is 43.9 Å². The second kappa shape index (κ2) is 12.9. The van der Waals surface area contributed by atoms with Gasteiger partial charge in [0.05, 0.1) is 25.4 Å². The van der Waals surface area contributed by atoms with Crippen molar-refractivity contribution in [2.75, 3.05) is 73.4 Å². The van der Waals surface area contributed by atoms with E-state index in [2.05, 4.69) is 46.2 Å². The van der Waals surface area contributed by atoms with Crippen LogP contribution in [0.5, 0.6) is 5.75 Å². The Morgan fingerprint density at radius 2 is 1.93 bits per heavy atom. The lowest BCUT2D eigenvalue weighted by Crippen LogP contribution is -2.53. The number of fused-ring (bicyclic) bond motifs is 1. The minimum Gasteiger partial charge on any atom is -0.497 e. The molecule has 3 aromatic rings. The van der Waals surface area contributed by atoms with Crippen LogP contribution < -0.4 is 24.8 Å². The Labute approximate surface area is 263 Å². The summed E-state index contributed by atoms with van der Waals surface area (Å²) < 4.78 is 20.4. The van der Waals surface area contributed by atoms with E-state index in [4.69, 9.17) is 9.72 Å². The van der Waals surface area contributed by atoms with Gasteiger partial charge in [-0.25, -0.2) is 14.2 Å². The van der Waals surface area contributed by atoms with Crippen LogP contribution in [0.15, 0.2) is 42.6 Å². The second-order valence-electron chi connectivity index (χ2n) is 12.0. The molecule has 12 heteroatoms. The first-order valence-corrected chi connectivity index (χ1v) is 15.6. The molecule has 0 bridgehead atoms. The number of urea groups is 1. The zero-order valence-corrected chi connectivity index (χ0v) is 26.4. The number of likely N-dealkylation sites (N-methyl/N-ethyl adjacent to an activating group) is 1. The molecule has 6 rings (SSSR count). The van der Waals surface area contributed by atoms with Crippen LogP contribution >= 0.6 is 0 Å². The number of hydrogen-bond donors (Lipinski definition) is 1. The molecule has 1 atom stereocenters. The van der Waals surface area contributed by atoms with Gasteiger partial charge in [0, 0.05) is 68.3 Å². The Hall–Kier alpha value is -4.45. The molecule has 2 fully saturated rings. The Kier molecular flexibility index (Phi) is 8.75. The van der Waals surface area contributed by atoms with Crippen LogP contribution in [0.3, 0.4) is 0 Å². The molecule has 11 nitrogen and oxygen atoms in total. The normalized spacial score (nSPS) is 19.0. The molecular formula is C33H41FN8O3. The number of amides is 3. The predicted molar refractivity (Wildman–Crippen MR) is 173 cm³/mol. The summed E-state index contributed by atoms with van der Waals surface area (Å²) in [5.41, 5.74) is 4.01. The average molecular weight is 617 g/mol. The zero-order valence-electron chi connectivity index (χ0n) is 26.4. The maximum Gasteiger partial charge on any atom is 0.330 e. The zero-order chi connectivity index (χ0) is 31.7. The van der Waals surface area contributed by atoms with Crippen LogP contribution in [-0.4, -0.2) is 91.2 Å². The smallest absolute Gasteiger partial charge is 0.330 e. The molecular weight excluding hydrogens is 575 g/mol. The fourth-order valence-electron chi connectivity index (χ4n) is 6.49. The van der Waals surface area contributed by atoms with Gasteiger partial charge in [0.2, 0.25) is 11.9 Å². The lowest BCUT2D eigenvalue weighted by atomic mass is 10.1. The number of halogens is 1. The monoisotopic (exact) mass is 616 g/mol. The number of nitrogens with zero attached hydrogens (tertiary/aromatic N) is 7. The standard InChI is InChI=1S/C33H41FN8O3/c1-5-30(43)40-14-11-25(21-40)42-31-23(20-41(33(42)44)29-18-26(45-4)8-9-27(29)34)19-35-32(37-31)36-24-7-10-28(22(2)17-24)39-13-6-12-38(3)15-16-39/h7-10,17-19,25H,5-6,11-16,20-21H2,1-4H3,(H,35,36,37)/t25-/m0/s1. The average Bonchev–Trinajstić information content (AvgIpc) is 3.42. The Bertz CT molecular complexity index is 1590. The van der Waals surface area contributed by atoms with Crippen molar-refractivity contribution in [2.45, 2.75) is 45.7 Å². The van der Waals surface area contributed by atoms with Gasteiger partial charge in [0.15, 0.2) is 0 Å². The van der Waals surface area contributed by atoms with Gasteiger partial charge in [-0.1, -0.05) is 6.92 Å². The molecule has 3 aliphatic heterocycles. The van der Waals surface area contributed by atoms with Crippen LogP contribution in [0, 0.1) is 12.7 Å². The van der Waals surface area contributed by atoms with Gasteiger partial charge in [0.25, 0.3) is 0 Å². The number of anilines is 5. The van der Waals surface area contributed by atoms with Crippen molar-refractivity contribution < 1.29 is 18.7 Å². The molecule has 0 saturated carbocycles. The highest BCUT2D eigenvalue weighted by Gasteiger charge is 2.41. The van der Waals surface area contributed by atoms with E-state index >= 15 is 4.39 Å². The van der Waals surface area contributed by atoms with E-state index in [-0.39, 0.29) is 24.2 Å². The molecule has 2 saturated heterocycles. The maximum atomic E-state index is 15.1. The highest BCUT2D eigenvalue weighted by Crippen LogP contribution is 2.37. The summed E-state index contributed by atoms with van der Waals surface area (Å²) in [4.78, 5) is 45.7. The summed E-state index contributed by atoms with van der Waals surface area (Å²) in [7, 11) is 3.66. The van der Waals surface area contributed by atoms with Crippen LogP contribution in [0.1, 0.15) is 37.3 Å². The van der Waals surface area contributed by atoms with Gasteiger partial charge in [-0.3, -0.25) is 14.6 Å². The number of ether oxygens (including phenoxy) is 1. The van der Waals surface area contributed by atoms with E-state index < -0.39 is 11.8 Å². The van der Waals surface area contributed by atoms with Gasteiger partial charge in [-0.15, -0.1) is 0 Å². The highest BCUT2D eigenvalue weighted by molar-refractivity contribution is 6.06. The summed E-state index contributed by atoms with van der Waals surface area (Å²) in [6.45, 7) is 9.10. The number of methoxy groups -OCH3 is 1. The SMILES string of the molecule is CCC(=O)N1CC[C@H](N2C(=O)N(c3cc(OC)ccc3F)Cc3cnc(Nc4ccc(N5CCCN(C)CC5)c(C)c4)nc32)C1. The van der Waals surface area contributed by atoms with Crippen LogP contribution in [0.25, 0.3) is 0 Å². The highest BCUT2D eigenvalue weighted by atomic mass is 19.1. The molecule has 1 N–H and O–H groups in total. The van der Waals surface area contributed by atoms with Gasteiger partial charge >= 0.3 is 6.03 Å². The predicted octanol–water partition coefficient (Wildman–Crippen LogP) is 4.78. The molecule has 1 aromatic heterocycles. The molecule has 45 heavy (non-hydrogen) atoms. The summed E-state index contributed by atoms with van der Waals surface area (Å²) in [5.74, 6) is 0.767. The molecule has 0 unspecified atom stereocenters. The quantitative estimate of drug-likeness (QED) is 0.406. The third kappa shape index (κ3) is 6.24. The lowest BCUT2D eigenvalue weighted by molar-refractivity contribution is -0.129. The first-order chi connectivity index (χ1) is 21.7. The molecule has 2 aromatic carbocycles. The van der Waals surface area contributed by atoms with Crippen molar-refractivity contribution in [3.8, 4) is 5.75 Å². The largest absolute Gasteiger partial charge is 0.497 e. The Morgan fingerprint density at radius 1 is 1.09 bits per heavy atom. The van der Waals surface area contributed by atoms with Gasteiger partial charge in [-0.2, -0.15) is 4.98 Å². The fourth-order valence-corrected chi connectivity index (χ4v) is 6.49.